The Bertz CT molecular complexity index is 1200. The molecule has 3 rings (SSSR count). The molecule has 1 saturated carbocycles. The van der Waals surface area contributed by atoms with Crippen LogP contribution in [0.25, 0.3) is 5.73 Å². The molecule has 1 aliphatic carbocycles. The predicted molar refractivity (Wildman–Crippen MR) is 217 cm³/mol. The quantitative estimate of drug-likeness (QED) is 0.0381. The molecule has 0 aromatic carbocycles. The van der Waals surface area contributed by atoms with Gasteiger partial charge in [-0.3, -0.25) is 24.2 Å². The fourth-order valence-corrected chi connectivity index (χ4v) is 6.54. The summed E-state index contributed by atoms with van der Waals surface area (Å²) in [6, 6.07) is -1.00. The summed E-state index contributed by atoms with van der Waals surface area (Å²) in [6.07, 6.45) is 15.7. The van der Waals surface area contributed by atoms with Gasteiger partial charge in [0.1, 0.15) is 12.1 Å². The second kappa shape index (κ2) is 34.9. The molecule has 19 heteroatoms. The Morgan fingerprint density at radius 2 is 1.56 bits per heavy atom. The van der Waals surface area contributed by atoms with Crippen molar-refractivity contribution in [2.24, 2.45) is 45.1 Å². The molecule has 2 heterocycles. The van der Waals surface area contributed by atoms with Crippen molar-refractivity contribution in [1.82, 2.24) is 20.5 Å². The number of guanidine groups is 1. The molecular formula is C38H73N11NaO6U-. The van der Waals surface area contributed by atoms with E-state index in [0.29, 0.717) is 58.3 Å². The fourth-order valence-electron chi connectivity index (χ4n) is 6.54. The molecule has 0 aromatic heterocycles. The largest absolute Gasteiger partial charge is 1.00 e. The summed E-state index contributed by atoms with van der Waals surface area (Å²) in [4.78, 5) is 64.7. The third-order valence-electron chi connectivity index (χ3n) is 9.18. The van der Waals surface area contributed by atoms with Crippen molar-refractivity contribution in [3.05, 3.63) is 17.6 Å². The van der Waals surface area contributed by atoms with Gasteiger partial charge in [0, 0.05) is 82.0 Å². The minimum Gasteiger partial charge on any atom is -0.680 e. The van der Waals surface area contributed by atoms with E-state index in [1.165, 1.54) is 19.8 Å². The predicted octanol–water partition coefficient (Wildman–Crippen LogP) is -1.03. The molecule has 3 unspecified atom stereocenters. The van der Waals surface area contributed by atoms with E-state index in [1.807, 2.05) is 20.8 Å². The molecule has 1 saturated heterocycles. The molecule has 14 N–H and O–H groups in total. The van der Waals surface area contributed by atoms with Crippen LogP contribution in [0.4, 0.5) is 0 Å². The van der Waals surface area contributed by atoms with E-state index in [1.54, 1.807) is 16.1 Å². The van der Waals surface area contributed by atoms with E-state index in [9.17, 15) is 24.0 Å². The van der Waals surface area contributed by atoms with E-state index in [4.69, 9.17) is 39.6 Å². The summed E-state index contributed by atoms with van der Waals surface area (Å²) in [5.41, 5.74) is 27.6. The van der Waals surface area contributed by atoms with Crippen molar-refractivity contribution < 1.29 is 89.7 Å². The van der Waals surface area contributed by atoms with Crippen LogP contribution in [0.3, 0.4) is 0 Å². The van der Waals surface area contributed by atoms with Crippen LogP contribution in [0.5, 0.6) is 0 Å². The van der Waals surface area contributed by atoms with Crippen LogP contribution < -0.4 is 69.0 Å². The molecule has 322 valence electrons. The first-order chi connectivity index (χ1) is 26.0. The summed E-state index contributed by atoms with van der Waals surface area (Å²) in [5, 5.41) is 16.4. The number of rotatable bonds is 7. The summed E-state index contributed by atoms with van der Waals surface area (Å²) >= 11 is 0. The maximum Gasteiger partial charge on any atom is 1.00 e. The molecule has 3 atom stereocenters. The Morgan fingerprint density at radius 3 is 2.12 bits per heavy atom. The summed E-state index contributed by atoms with van der Waals surface area (Å²) < 4.78 is 0. The number of nitrogens with two attached hydrogens (primary N) is 5. The molecule has 2 fully saturated rings. The van der Waals surface area contributed by atoms with Crippen molar-refractivity contribution in [2.75, 3.05) is 33.2 Å². The number of carbonyl (C=O) groups excluding carboxylic acids is 5. The smallest absolute Gasteiger partial charge is 0.680 e. The van der Waals surface area contributed by atoms with Gasteiger partial charge in [0.2, 0.25) is 23.6 Å². The first-order valence-corrected chi connectivity index (χ1v) is 19.8. The van der Waals surface area contributed by atoms with Crippen molar-refractivity contribution in [3.63, 3.8) is 0 Å². The molecule has 17 nitrogen and oxygen atoms in total. The number of aliphatic hydroxyl groups is 1. The minimum absolute atomic E-state index is 0. The maximum atomic E-state index is 13.3. The van der Waals surface area contributed by atoms with E-state index < -0.39 is 18.2 Å². The molecule has 3 aliphatic rings. The number of hydrogen-bond acceptors (Lipinski definition) is 10. The topological polar surface area (TPSA) is 302 Å². The first-order valence-electron chi connectivity index (χ1n) is 19.8. The molecule has 0 spiro atoms. The van der Waals surface area contributed by atoms with Crippen LogP contribution in [0.2, 0.25) is 0 Å². The van der Waals surface area contributed by atoms with Crippen molar-refractivity contribution in [3.8, 4) is 0 Å². The van der Waals surface area contributed by atoms with Gasteiger partial charge < -0.3 is 59.1 Å². The zero-order valence-electron chi connectivity index (χ0n) is 35.5. The van der Waals surface area contributed by atoms with E-state index in [2.05, 4.69) is 15.6 Å². The molecule has 2 aliphatic heterocycles. The van der Waals surface area contributed by atoms with Gasteiger partial charge in [-0.1, -0.05) is 52.9 Å². The Hall–Kier alpha value is -1.91. The zero-order valence-corrected chi connectivity index (χ0v) is 41.6. The summed E-state index contributed by atoms with van der Waals surface area (Å²) in [6.45, 7) is 8.19. The average molecular weight is 1040 g/mol. The van der Waals surface area contributed by atoms with Gasteiger partial charge in [-0.2, -0.15) is 7.05 Å². The van der Waals surface area contributed by atoms with Gasteiger partial charge in [0.05, 0.1) is 0 Å². The average Bonchev–Trinajstić information content (AvgIpc) is 3.63. The fraction of sp³-hybridized carbons (Fsp3) is 0.789. The molecular weight excluding hydrogens is 968 g/mol. The van der Waals surface area contributed by atoms with Crippen LogP contribution in [0.15, 0.2) is 16.9 Å². The monoisotopic (exact) mass is 1040 g/mol. The van der Waals surface area contributed by atoms with Gasteiger partial charge >= 0.3 is 29.6 Å². The maximum absolute atomic E-state index is 13.3. The first kappa shape index (κ1) is 59.4. The van der Waals surface area contributed by atoms with Gasteiger partial charge in [-0.25, -0.2) is 12.1 Å². The van der Waals surface area contributed by atoms with Gasteiger partial charge in [0.15, 0.2) is 5.96 Å². The molecule has 0 radical (unpaired) electrons. The normalized spacial score (nSPS) is 21.7. The Labute approximate surface area is 387 Å². The van der Waals surface area contributed by atoms with Crippen LogP contribution in [-0.2, 0) is 24.0 Å². The SMILES string of the molecule is CC(C)(C)CC(N)=O.C[NH-].N/C1=C\N(N)CCCCNC(=O)C(C2CCCCC2)NC(=O)C2CCCN2C(=O)CCCCC1.NC(N)=NCCCC(O)[C-]=O.[Na+].[U]. The number of aliphatic hydroxyl groups excluding tert-OH is 1. The van der Waals surface area contributed by atoms with Crippen molar-refractivity contribution in [1.29, 1.82) is 0 Å². The van der Waals surface area contributed by atoms with Crippen LogP contribution in [-0.4, -0.2) is 102 Å². The third kappa shape index (κ3) is 29.9. The molecule has 4 amide bonds. The number of nitrogens with one attached hydrogen (secondary N) is 3. The van der Waals surface area contributed by atoms with Crippen molar-refractivity contribution in [2.45, 2.75) is 148 Å². The van der Waals surface area contributed by atoms with Crippen LogP contribution in [0, 0.1) is 42.4 Å². The molecule has 0 aromatic rings. The Kier molecular flexibility index (Phi) is 36.4. The molecule has 0 bridgehead atoms. The van der Waals surface area contributed by atoms with Gasteiger partial charge in [-0.05, 0) is 81.6 Å². The standard InChI is InChI=1S/C25H44N6O3.C6H12N3O2.C6H13NO.CH4N.Na.U/c26-20-12-5-2-6-14-22(32)31-17-9-13-21(31)24(33)29-23(19-10-3-1-4-11-19)25(34)28-15-7-8-16-30(27)18-20;7-6(8)9-3-1-2-5(11)4-10;1-6(2,3)4-5(7)8;1-2;;/h18-19,21,23H,1-17,26-27H2,(H,28,34)(H,29,33);5,11H,1-3H2,(H4,7,8,9);4H2,1-3H3,(H2,7,8);2H,1H3;;/q;-1;;-1;+1;/b20-18-;;;;;. The van der Waals surface area contributed by atoms with Crippen LogP contribution in [0.1, 0.15) is 130 Å². The van der Waals surface area contributed by atoms with Gasteiger partial charge in [-0.15, -0.1) is 0 Å². The van der Waals surface area contributed by atoms with E-state index >= 15 is 0 Å². The number of hydrogen-bond donors (Lipinski definition) is 8. The van der Waals surface area contributed by atoms with Gasteiger partial charge in [0.25, 0.3) is 0 Å². The number of aliphatic imine (C=N–C) groups is 1. The van der Waals surface area contributed by atoms with E-state index in [0.717, 1.165) is 76.3 Å². The number of nitrogens with zero attached hydrogens (tertiary/aromatic N) is 3. The summed E-state index contributed by atoms with van der Waals surface area (Å²) in [7, 11) is 1.25. The Morgan fingerprint density at radius 1 is 0.947 bits per heavy atom. The minimum atomic E-state index is -1.01. The molecule has 57 heavy (non-hydrogen) atoms. The number of amides is 4. The number of hydrazine groups is 1. The van der Waals surface area contributed by atoms with Crippen molar-refractivity contribution >= 4 is 35.9 Å². The second-order valence-corrected chi connectivity index (χ2v) is 15.4. The Balaban J connectivity index is -0.00000105. The second-order valence-electron chi connectivity index (χ2n) is 15.4. The number of fused-ring (bicyclic) bond motifs is 1. The number of primary amides is 1. The third-order valence-corrected chi connectivity index (χ3v) is 9.18. The number of carbonyl (C=O) groups is 4. The summed E-state index contributed by atoms with van der Waals surface area (Å²) in [5.74, 6) is 5.72. The number of allylic oxidation sites excluding steroid dienone is 1. The van der Waals surface area contributed by atoms with Crippen LogP contribution >= 0.6 is 0 Å². The zero-order chi connectivity index (χ0) is 41.8. The van der Waals surface area contributed by atoms with E-state index in [-0.39, 0.29) is 102 Å².